The van der Waals surface area contributed by atoms with Crippen LogP contribution in [0.1, 0.15) is 0 Å². The molecule has 1 unspecified atom stereocenters. The number of nitrogens with one attached hydrogen (secondary N) is 1. The van der Waals surface area contributed by atoms with E-state index in [0.29, 0.717) is 0 Å². The topological polar surface area (TPSA) is 129 Å². The summed E-state index contributed by atoms with van der Waals surface area (Å²) in [6.07, 6.45) is -0.998. The fourth-order valence-corrected chi connectivity index (χ4v) is 0.570. The molecule has 6 nitrogen and oxygen atoms in total. The van der Waals surface area contributed by atoms with E-state index in [9.17, 15) is 0 Å². The van der Waals surface area contributed by atoms with Gasteiger partial charge in [-0.25, -0.2) is 4.99 Å². The van der Waals surface area contributed by atoms with Gasteiger partial charge in [0.15, 0.2) is 0 Å². The van der Waals surface area contributed by atoms with Gasteiger partial charge in [0.25, 0.3) is 0 Å². The van der Waals surface area contributed by atoms with E-state index in [1.165, 1.54) is 0 Å². The van der Waals surface area contributed by atoms with Crippen LogP contribution < -0.4 is 11.5 Å². The van der Waals surface area contributed by atoms with Gasteiger partial charge in [-0.2, -0.15) is 0 Å². The Balaban J connectivity index is 4.31. The Morgan fingerprint density at radius 2 is 2.08 bits per heavy atom. The second-order valence-corrected chi connectivity index (χ2v) is 2.16. The molecule has 0 aromatic carbocycles. The van der Waals surface area contributed by atoms with Crippen molar-refractivity contribution in [1.82, 2.24) is 0 Å². The molecule has 0 fully saturated rings. The number of hydrogen-bond donors (Lipinski definition) is 5. The van der Waals surface area contributed by atoms with E-state index in [0.717, 1.165) is 0 Å². The van der Waals surface area contributed by atoms with Crippen molar-refractivity contribution in [2.45, 2.75) is 6.10 Å². The molecule has 0 saturated heterocycles. The minimum Gasteiger partial charge on any atom is -0.390 e. The van der Waals surface area contributed by atoms with Gasteiger partial charge in [0.1, 0.15) is 11.9 Å². The van der Waals surface area contributed by atoms with Crippen LogP contribution in [0, 0.1) is 5.41 Å². The van der Waals surface area contributed by atoms with Crippen LogP contribution in [0.25, 0.3) is 0 Å². The van der Waals surface area contributed by atoms with Crippen LogP contribution in [0.3, 0.4) is 0 Å². The second kappa shape index (κ2) is 5.78. The van der Waals surface area contributed by atoms with Crippen molar-refractivity contribution in [3.05, 3.63) is 0 Å². The molecule has 0 aliphatic carbocycles. The maximum Gasteiger partial charge on any atom is 0.134 e. The molecular weight excluding hydrogens is 160 g/mol. The van der Waals surface area contributed by atoms with Gasteiger partial charge < -0.3 is 21.7 Å². The van der Waals surface area contributed by atoms with Crippen LogP contribution in [0.4, 0.5) is 0 Å². The third kappa shape index (κ3) is 3.54. The van der Waals surface area contributed by atoms with Gasteiger partial charge in [-0.1, -0.05) is 0 Å². The fraction of sp³-hybridized carbons (Fsp3) is 0.667. The highest BCUT2D eigenvalue weighted by Crippen LogP contribution is 1.87. The predicted octanol–water partition coefficient (Wildman–Crippen LogP) is -2.32. The zero-order valence-electron chi connectivity index (χ0n) is 6.70. The van der Waals surface area contributed by atoms with Crippen molar-refractivity contribution in [1.29, 1.82) is 5.41 Å². The molecule has 0 aromatic rings. The SMILES string of the molecule is N=C(CN)N=C(CO)C(O)CN. The van der Waals surface area contributed by atoms with Crippen LogP contribution in [-0.4, -0.2) is 47.6 Å². The number of nitrogens with two attached hydrogens (primary N) is 2. The fourth-order valence-electron chi connectivity index (χ4n) is 0.570. The molecule has 0 radical (unpaired) electrons. The summed E-state index contributed by atoms with van der Waals surface area (Å²) in [5.41, 5.74) is 10.3. The summed E-state index contributed by atoms with van der Waals surface area (Å²) in [5.74, 6) is -0.0912. The lowest BCUT2D eigenvalue weighted by atomic mass is 10.2. The Hall–Kier alpha value is -0.820. The predicted molar refractivity (Wildman–Crippen MR) is 46.4 cm³/mol. The largest absolute Gasteiger partial charge is 0.390 e. The van der Waals surface area contributed by atoms with Gasteiger partial charge >= 0.3 is 0 Å². The zero-order chi connectivity index (χ0) is 9.56. The first-order valence-corrected chi connectivity index (χ1v) is 3.49. The minimum atomic E-state index is -0.998. The van der Waals surface area contributed by atoms with Gasteiger partial charge in [-0.15, -0.1) is 0 Å². The lowest BCUT2D eigenvalue weighted by molar-refractivity contribution is 0.236. The van der Waals surface area contributed by atoms with E-state index in [4.69, 9.17) is 27.1 Å². The second-order valence-electron chi connectivity index (χ2n) is 2.16. The Labute approximate surface area is 70.4 Å². The van der Waals surface area contributed by atoms with Gasteiger partial charge in [-0.05, 0) is 0 Å². The number of nitrogens with zero attached hydrogens (tertiary/aromatic N) is 1. The first-order chi connectivity index (χ1) is 5.65. The Kier molecular flexibility index (Phi) is 5.39. The van der Waals surface area contributed by atoms with E-state index in [2.05, 4.69) is 4.99 Å². The molecular formula is C6H14N4O2. The summed E-state index contributed by atoms with van der Waals surface area (Å²) in [6, 6.07) is 0. The Morgan fingerprint density at radius 3 is 2.42 bits per heavy atom. The van der Waals surface area contributed by atoms with Crippen molar-refractivity contribution in [2.75, 3.05) is 19.7 Å². The maximum atomic E-state index is 9.11. The number of rotatable bonds is 4. The molecule has 0 rings (SSSR count). The van der Waals surface area contributed by atoms with Gasteiger partial charge in [-0.3, -0.25) is 5.41 Å². The summed E-state index contributed by atoms with van der Waals surface area (Å²) >= 11 is 0. The Morgan fingerprint density at radius 1 is 1.50 bits per heavy atom. The smallest absolute Gasteiger partial charge is 0.134 e. The van der Waals surface area contributed by atoms with Crippen molar-refractivity contribution in [2.24, 2.45) is 16.5 Å². The summed E-state index contributed by atoms with van der Waals surface area (Å²) in [5, 5.41) is 24.9. The first kappa shape index (κ1) is 11.2. The standard InChI is InChI=1S/C6H14N4O2/c7-1-5(12)4(3-11)10-6(9)2-8/h5,9,11-12H,1-3,7-8H2. The normalized spacial score (nSPS) is 14.5. The molecule has 12 heavy (non-hydrogen) atoms. The van der Waals surface area contributed by atoms with E-state index in [1.54, 1.807) is 0 Å². The average Bonchev–Trinajstić information content (AvgIpc) is 2.12. The molecule has 70 valence electrons. The molecule has 0 heterocycles. The van der Waals surface area contributed by atoms with Crippen molar-refractivity contribution in [3.8, 4) is 0 Å². The van der Waals surface area contributed by atoms with Gasteiger partial charge in [0, 0.05) is 6.54 Å². The molecule has 0 amide bonds. The Bertz CT molecular complexity index is 180. The first-order valence-electron chi connectivity index (χ1n) is 3.49. The van der Waals surface area contributed by atoms with Crippen LogP contribution in [-0.2, 0) is 0 Å². The number of aliphatic imine (C=N–C) groups is 1. The molecule has 0 saturated carbocycles. The van der Waals surface area contributed by atoms with Crippen molar-refractivity contribution >= 4 is 11.5 Å². The third-order valence-corrected chi connectivity index (χ3v) is 1.24. The van der Waals surface area contributed by atoms with Crippen LogP contribution in [0.5, 0.6) is 0 Å². The lowest BCUT2D eigenvalue weighted by Gasteiger charge is -2.08. The van der Waals surface area contributed by atoms with Gasteiger partial charge in [0.05, 0.1) is 18.9 Å². The monoisotopic (exact) mass is 174 g/mol. The molecule has 0 spiro atoms. The molecule has 0 aromatic heterocycles. The minimum absolute atomic E-state index is 0.0270. The zero-order valence-corrected chi connectivity index (χ0v) is 6.70. The number of amidine groups is 1. The summed E-state index contributed by atoms with van der Waals surface area (Å²) < 4.78 is 0. The highest BCUT2D eigenvalue weighted by molar-refractivity contribution is 6.00. The van der Waals surface area contributed by atoms with E-state index >= 15 is 0 Å². The molecule has 0 bridgehead atoms. The van der Waals surface area contributed by atoms with Crippen LogP contribution in [0.2, 0.25) is 0 Å². The van der Waals surface area contributed by atoms with E-state index in [1.807, 2.05) is 0 Å². The van der Waals surface area contributed by atoms with Crippen molar-refractivity contribution < 1.29 is 10.2 Å². The lowest BCUT2D eigenvalue weighted by Crippen LogP contribution is -2.32. The average molecular weight is 174 g/mol. The summed E-state index contributed by atoms with van der Waals surface area (Å²) in [7, 11) is 0. The molecule has 0 aliphatic rings. The number of hydrogen-bond acceptors (Lipinski definition) is 5. The van der Waals surface area contributed by atoms with Crippen LogP contribution in [0.15, 0.2) is 4.99 Å². The molecule has 6 heteroatoms. The third-order valence-electron chi connectivity index (χ3n) is 1.24. The highest BCUT2D eigenvalue weighted by atomic mass is 16.3. The summed E-state index contributed by atoms with van der Waals surface area (Å²) in [6.45, 7) is -0.473. The highest BCUT2D eigenvalue weighted by Gasteiger charge is 2.09. The number of aliphatic hydroxyl groups excluding tert-OH is 2. The molecule has 7 N–H and O–H groups in total. The van der Waals surface area contributed by atoms with Crippen molar-refractivity contribution in [3.63, 3.8) is 0 Å². The maximum absolute atomic E-state index is 9.11. The van der Waals surface area contributed by atoms with E-state index in [-0.39, 0.29) is 24.6 Å². The van der Waals surface area contributed by atoms with Crippen LogP contribution >= 0.6 is 0 Å². The summed E-state index contributed by atoms with van der Waals surface area (Å²) in [4.78, 5) is 3.58. The molecule has 0 aliphatic heterocycles. The van der Waals surface area contributed by atoms with Gasteiger partial charge in [0.2, 0.25) is 0 Å². The molecule has 1 atom stereocenters. The number of aliphatic hydroxyl groups is 2. The van der Waals surface area contributed by atoms with E-state index < -0.39 is 12.7 Å². The quantitative estimate of drug-likeness (QED) is 0.242.